The zero-order chi connectivity index (χ0) is 14.4. The molecule has 0 saturated carbocycles. The molecular formula is C17H27NO2. The molecule has 0 amide bonds. The van der Waals surface area contributed by atoms with E-state index in [0.29, 0.717) is 6.10 Å². The summed E-state index contributed by atoms with van der Waals surface area (Å²) in [4.78, 5) is 2.40. The molecular weight excluding hydrogens is 250 g/mol. The number of benzene rings is 1. The van der Waals surface area contributed by atoms with Gasteiger partial charge in [-0.25, -0.2) is 0 Å². The predicted octanol–water partition coefficient (Wildman–Crippen LogP) is 2.44. The summed E-state index contributed by atoms with van der Waals surface area (Å²) in [5.41, 5.74) is 0.990. The van der Waals surface area contributed by atoms with Crippen molar-refractivity contribution >= 4 is 0 Å². The van der Waals surface area contributed by atoms with E-state index in [9.17, 15) is 5.11 Å². The van der Waals surface area contributed by atoms with Crippen LogP contribution in [0.25, 0.3) is 0 Å². The van der Waals surface area contributed by atoms with Crippen molar-refractivity contribution < 1.29 is 9.84 Å². The van der Waals surface area contributed by atoms with E-state index in [0.717, 1.165) is 32.7 Å². The van der Waals surface area contributed by atoms with Crippen molar-refractivity contribution in [3.63, 3.8) is 0 Å². The fraction of sp³-hybridized carbons (Fsp3) is 0.647. The fourth-order valence-electron chi connectivity index (χ4n) is 2.95. The molecule has 0 aromatic heterocycles. The maximum Gasteiger partial charge on any atom is 0.0702 e. The number of nitrogens with zero attached hydrogens (tertiary/aromatic N) is 1. The molecule has 2 atom stereocenters. The van der Waals surface area contributed by atoms with Crippen LogP contribution in [0.5, 0.6) is 0 Å². The molecule has 20 heavy (non-hydrogen) atoms. The van der Waals surface area contributed by atoms with Crippen molar-refractivity contribution in [2.24, 2.45) is 0 Å². The average Bonchev–Trinajstić information content (AvgIpc) is 3.00. The molecule has 1 saturated heterocycles. The number of hydrogen-bond acceptors (Lipinski definition) is 3. The smallest absolute Gasteiger partial charge is 0.0702 e. The van der Waals surface area contributed by atoms with Crippen LogP contribution in [0, 0.1) is 0 Å². The normalized spacial score (nSPS) is 22.1. The largest absolute Gasteiger partial charge is 0.395 e. The van der Waals surface area contributed by atoms with Crippen LogP contribution in [0.3, 0.4) is 0 Å². The van der Waals surface area contributed by atoms with Gasteiger partial charge < -0.3 is 14.7 Å². The Labute approximate surface area is 122 Å². The van der Waals surface area contributed by atoms with Gasteiger partial charge in [0.05, 0.1) is 12.7 Å². The third kappa shape index (κ3) is 3.81. The van der Waals surface area contributed by atoms with E-state index in [2.05, 4.69) is 30.9 Å². The Morgan fingerprint density at radius 2 is 2.10 bits per heavy atom. The van der Waals surface area contributed by atoms with Crippen LogP contribution in [0.4, 0.5) is 0 Å². The van der Waals surface area contributed by atoms with Gasteiger partial charge >= 0.3 is 0 Å². The van der Waals surface area contributed by atoms with E-state index in [-0.39, 0.29) is 12.0 Å². The van der Waals surface area contributed by atoms with E-state index >= 15 is 0 Å². The van der Waals surface area contributed by atoms with Gasteiger partial charge in [-0.05, 0) is 24.9 Å². The lowest BCUT2D eigenvalue weighted by atomic mass is 9.82. The maximum absolute atomic E-state index is 9.89. The van der Waals surface area contributed by atoms with Crippen LogP contribution in [0.1, 0.15) is 32.3 Å². The molecule has 112 valence electrons. The van der Waals surface area contributed by atoms with Crippen LogP contribution in [-0.4, -0.2) is 49.0 Å². The van der Waals surface area contributed by atoms with Crippen LogP contribution in [-0.2, 0) is 10.2 Å². The van der Waals surface area contributed by atoms with Crippen LogP contribution >= 0.6 is 0 Å². The van der Waals surface area contributed by atoms with Gasteiger partial charge in [-0.2, -0.15) is 0 Å². The van der Waals surface area contributed by atoms with Crippen molar-refractivity contribution in [3.8, 4) is 0 Å². The third-order valence-electron chi connectivity index (χ3n) is 4.33. The highest BCUT2D eigenvalue weighted by Crippen LogP contribution is 2.25. The summed E-state index contributed by atoms with van der Waals surface area (Å²) in [5, 5.41) is 9.89. The van der Waals surface area contributed by atoms with E-state index in [4.69, 9.17) is 4.74 Å². The summed E-state index contributed by atoms with van der Waals surface area (Å²) in [5.74, 6) is 0. The molecule has 1 aliphatic rings. The van der Waals surface area contributed by atoms with Gasteiger partial charge in [0, 0.05) is 25.1 Å². The van der Waals surface area contributed by atoms with Gasteiger partial charge in [-0.15, -0.1) is 0 Å². The van der Waals surface area contributed by atoms with Gasteiger partial charge in [0.15, 0.2) is 0 Å². The van der Waals surface area contributed by atoms with Crippen molar-refractivity contribution in [2.45, 2.75) is 38.2 Å². The molecule has 0 radical (unpaired) electrons. The Morgan fingerprint density at radius 1 is 1.35 bits per heavy atom. The van der Waals surface area contributed by atoms with E-state index in [1.165, 1.54) is 12.0 Å². The number of ether oxygens (including phenoxy) is 1. The van der Waals surface area contributed by atoms with Gasteiger partial charge in [-0.3, -0.25) is 0 Å². The first-order valence-corrected chi connectivity index (χ1v) is 7.68. The first kappa shape index (κ1) is 15.5. The Kier molecular flexibility index (Phi) is 5.58. The summed E-state index contributed by atoms with van der Waals surface area (Å²) < 4.78 is 5.73. The van der Waals surface area contributed by atoms with Crippen molar-refractivity contribution in [2.75, 3.05) is 32.8 Å². The van der Waals surface area contributed by atoms with Crippen molar-refractivity contribution in [3.05, 3.63) is 35.9 Å². The average molecular weight is 277 g/mol. The monoisotopic (exact) mass is 277 g/mol. The summed E-state index contributed by atoms with van der Waals surface area (Å²) in [6, 6.07) is 10.3. The van der Waals surface area contributed by atoms with Gasteiger partial charge in [0.1, 0.15) is 0 Å². The Bertz CT molecular complexity index is 389. The molecule has 2 rings (SSSR count). The molecule has 1 fully saturated rings. The van der Waals surface area contributed by atoms with Crippen LogP contribution in [0.2, 0.25) is 0 Å². The van der Waals surface area contributed by atoms with Gasteiger partial charge in [0.2, 0.25) is 0 Å². The van der Waals surface area contributed by atoms with Gasteiger partial charge in [-0.1, -0.05) is 44.2 Å². The highest BCUT2D eigenvalue weighted by molar-refractivity contribution is 5.25. The fourth-order valence-corrected chi connectivity index (χ4v) is 2.95. The number of likely N-dealkylation sites (N-methyl/N-ethyl adjacent to an activating group) is 1. The van der Waals surface area contributed by atoms with E-state index < -0.39 is 0 Å². The molecule has 0 aliphatic carbocycles. The SMILES string of the molecule is CCN(CC1CCCO1)CC(C)(CO)c1ccccc1. The summed E-state index contributed by atoms with van der Waals surface area (Å²) in [7, 11) is 0. The molecule has 3 nitrogen and oxygen atoms in total. The van der Waals surface area contributed by atoms with Crippen LogP contribution in [0.15, 0.2) is 30.3 Å². The lowest BCUT2D eigenvalue weighted by molar-refractivity contribution is 0.0602. The second-order valence-corrected chi connectivity index (χ2v) is 6.05. The second-order valence-electron chi connectivity index (χ2n) is 6.05. The molecule has 2 unspecified atom stereocenters. The van der Waals surface area contributed by atoms with Crippen molar-refractivity contribution in [1.29, 1.82) is 0 Å². The third-order valence-corrected chi connectivity index (χ3v) is 4.33. The summed E-state index contributed by atoms with van der Waals surface area (Å²) in [6.07, 6.45) is 2.71. The molecule has 1 aliphatic heterocycles. The first-order valence-electron chi connectivity index (χ1n) is 7.68. The first-order chi connectivity index (χ1) is 9.68. The summed E-state index contributed by atoms with van der Waals surface area (Å²) >= 11 is 0. The lowest BCUT2D eigenvalue weighted by Gasteiger charge is -2.35. The highest BCUT2D eigenvalue weighted by atomic mass is 16.5. The summed E-state index contributed by atoms with van der Waals surface area (Å²) in [6.45, 7) is 8.21. The molecule has 3 heteroatoms. The Morgan fingerprint density at radius 3 is 2.65 bits per heavy atom. The molecule has 0 bridgehead atoms. The number of aliphatic hydroxyl groups is 1. The van der Waals surface area contributed by atoms with E-state index in [1.54, 1.807) is 0 Å². The zero-order valence-corrected chi connectivity index (χ0v) is 12.7. The molecule has 1 heterocycles. The minimum absolute atomic E-state index is 0.166. The predicted molar refractivity (Wildman–Crippen MR) is 82.0 cm³/mol. The molecule has 1 N–H and O–H groups in total. The van der Waals surface area contributed by atoms with Crippen molar-refractivity contribution in [1.82, 2.24) is 4.90 Å². The minimum Gasteiger partial charge on any atom is -0.395 e. The number of rotatable bonds is 7. The Balaban J connectivity index is 2.02. The Hall–Kier alpha value is -0.900. The minimum atomic E-state index is -0.212. The quantitative estimate of drug-likeness (QED) is 0.831. The van der Waals surface area contributed by atoms with Gasteiger partial charge in [0.25, 0.3) is 0 Å². The molecule has 0 spiro atoms. The maximum atomic E-state index is 9.89. The number of hydrogen-bond donors (Lipinski definition) is 1. The topological polar surface area (TPSA) is 32.7 Å². The highest BCUT2D eigenvalue weighted by Gasteiger charge is 2.29. The van der Waals surface area contributed by atoms with Crippen LogP contribution < -0.4 is 0 Å². The molecule has 1 aromatic carbocycles. The second kappa shape index (κ2) is 7.21. The zero-order valence-electron chi connectivity index (χ0n) is 12.7. The molecule has 1 aromatic rings. The standard InChI is InChI=1S/C17H27NO2/c1-3-18(12-16-10-7-11-20-16)13-17(2,14-19)15-8-5-4-6-9-15/h4-6,8-9,16,19H,3,7,10-14H2,1-2H3. The van der Waals surface area contributed by atoms with E-state index in [1.807, 2.05) is 18.2 Å². The number of aliphatic hydroxyl groups excluding tert-OH is 1. The lowest BCUT2D eigenvalue weighted by Crippen LogP contribution is -2.44.